The molecular formula is C12H14Br2N2O4. The van der Waals surface area contributed by atoms with Crippen LogP contribution >= 0.6 is 31.9 Å². The Hall–Kier alpha value is -1.12. The molecular weight excluding hydrogens is 396 g/mol. The van der Waals surface area contributed by atoms with Crippen LogP contribution in [-0.4, -0.2) is 36.9 Å². The number of carboxylic acids is 1. The van der Waals surface area contributed by atoms with Gasteiger partial charge in [-0.25, -0.2) is 9.59 Å². The Morgan fingerprint density at radius 2 is 2.10 bits per heavy atom. The van der Waals surface area contributed by atoms with Crippen LogP contribution in [0.1, 0.15) is 6.42 Å². The molecule has 0 aromatic heterocycles. The number of anilines is 1. The highest BCUT2D eigenvalue weighted by Gasteiger charge is 2.19. The van der Waals surface area contributed by atoms with Gasteiger partial charge >= 0.3 is 12.0 Å². The number of halogens is 2. The minimum Gasteiger partial charge on any atom is -0.480 e. The number of methoxy groups -OCH3 is 1. The first-order chi connectivity index (χ1) is 9.43. The van der Waals surface area contributed by atoms with Crippen LogP contribution in [0.2, 0.25) is 0 Å². The molecule has 0 aliphatic rings. The van der Waals surface area contributed by atoms with Crippen LogP contribution in [0.25, 0.3) is 0 Å². The molecule has 0 heterocycles. The van der Waals surface area contributed by atoms with Crippen molar-refractivity contribution in [2.75, 3.05) is 19.0 Å². The number of urea groups is 1. The number of ether oxygens (including phenoxy) is 1. The smallest absolute Gasteiger partial charge is 0.326 e. The van der Waals surface area contributed by atoms with Crippen molar-refractivity contribution in [1.29, 1.82) is 0 Å². The summed E-state index contributed by atoms with van der Waals surface area (Å²) in [7, 11) is 1.47. The highest BCUT2D eigenvalue weighted by molar-refractivity contribution is 9.11. The fourth-order valence-electron chi connectivity index (χ4n) is 1.40. The van der Waals surface area contributed by atoms with Gasteiger partial charge in [-0.05, 0) is 34.1 Å². The van der Waals surface area contributed by atoms with Crippen molar-refractivity contribution >= 4 is 49.5 Å². The second kappa shape index (κ2) is 8.23. The average molecular weight is 410 g/mol. The van der Waals surface area contributed by atoms with Gasteiger partial charge in [-0.2, -0.15) is 0 Å². The molecule has 8 heteroatoms. The Morgan fingerprint density at radius 3 is 2.70 bits per heavy atom. The van der Waals surface area contributed by atoms with Gasteiger partial charge in [-0.3, -0.25) is 0 Å². The van der Waals surface area contributed by atoms with Gasteiger partial charge in [-0.1, -0.05) is 15.9 Å². The van der Waals surface area contributed by atoms with E-state index >= 15 is 0 Å². The minimum absolute atomic E-state index is 0.193. The SMILES string of the molecule is COCCC(NC(=O)Nc1cc(Br)ccc1Br)C(=O)O. The fourth-order valence-corrected chi connectivity index (χ4v) is 2.11. The molecule has 1 aromatic carbocycles. The third kappa shape index (κ3) is 5.48. The molecule has 3 N–H and O–H groups in total. The summed E-state index contributed by atoms with van der Waals surface area (Å²) in [5.74, 6) is -1.11. The number of rotatable bonds is 6. The van der Waals surface area contributed by atoms with Gasteiger partial charge in [0.15, 0.2) is 0 Å². The molecule has 0 saturated heterocycles. The monoisotopic (exact) mass is 408 g/mol. The van der Waals surface area contributed by atoms with Gasteiger partial charge in [0, 0.05) is 29.1 Å². The van der Waals surface area contributed by atoms with Crippen molar-refractivity contribution < 1.29 is 19.4 Å². The molecule has 2 amide bonds. The first-order valence-electron chi connectivity index (χ1n) is 5.68. The van der Waals surface area contributed by atoms with E-state index in [-0.39, 0.29) is 13.0 Å². The van der Waals surface area contributed by atoms with Gasteiger partial charge in [0.1, 0.15) is 6.04 Å². The molecule has 0 bridgehead atoms. The maximum absolute atomic E-state index is 11.8. The minimum atomic E-state index is -1.11. The molecule has 0 aliphatic carbocycles. The number of aliphatic carboxylic acids is 1. The summed E-state index contributed by atoms with van der Waals surface area (Å²) < 4.78 is 6.30. The number of benzene rings is 1. The lowest BCUT2D eigenvalue weighted by Gasteiger charge is -2.15. The summed E-state index contributed by atoms with van der Waals surface area (Å²) >= 11 is 6.59. The summed E-state index contributed by atoms with van der Waals surface area (Å²) in [6.45, 7) is 0.248. The fraction of sp³-hybridized carbons (Fsp3) is 0.333. The molecule has 1 unspecified atom stereocenters. The van der Waals surface area contributed by atoms with Crippen LogP contribution in [-0.2, 0) is 9.53 Å². The number of nitrogens with one attached hydrogen (secondary N) is 2. The highest BCUT2D eigenvalue weighted by atomic mass is 79.9. The van der Waals surface area contributed by atoms with Crippen LogP contribution in [0.4, 0.5) is 10.5 Å². The Morgan fingerprint density at radius 1 is 1.40 bits per heavy atom. The number of carboxylic acid groups (broad SMARTS) is 1. The number of carbonyl (C=O) groups is 2. The quantitative estimate of drug-likeness (QED) is 0.674. The largest absolute Gasteiger partial charge is 0.480 e. The molecule has 1 atom stereocenters. The molecule has 20 heavy (non-hydrogen) atoms. The first kappa shape index (κ1) is 16.9. The second-order valence-electron chi connectivity index (χ2n) is 3.89. The van der Waals surface area contributed by atoms with Crippen LogP contribution < -0.4 is 10.6 Å². The lowest BCUT2D eigenvalue weighted by molar-refractivity contribution is -0.139. The third-order valence-corrected chi connectivity index (χ3v) is 3.58. The lowest BCUT2D eigenvalue weighted by Crippen LogP contribution is -2.43. The summed E-state index contributed by atoms with van der Waals surface area (Å²) in [6.07, 6.45) is 0.193. The summed E-state index contributed by atoms with van der Waals surface area (Å²) in [4.78, 5) is 22.8. The van der Waals surface area contributed by atoms with E-state index in [9.17, 15) is 9.59 Å². The predicted octanol–water partition coefficient (Wildman–Crippen LogP) is 2.82. The van der Waals surface area contributed by atoms with E-state index in [2.05, 4.69) is 42.5 Å². The molecule has 110 valence electrons. The zero-order chi connectivity index (χ0) is 15.1. The summed E-state index contributed by atoms with van der Waals surface area (Å²) in [5, 5.41) is 14.0. The van der Waals surface area contributed by atoms with Crippen molar-refractivity contribution in [3.8, 4) is 0 Å². The van der Waals surface area contributed by atoms with Gasteiger partial charge in [0.05, 0.1) is 5.69 Å². The summed E-state index contributed by atoms with van der Waals surface area (Å²) in [5.41, 5.74) is 0.535. The molecule has 1 aromatic rings. The van der Waals surface area contributed by atoms with Crippen molar-refractivity contribution in [2.45, 2.75) is 12.5 Å². The highest BCUT2D eigenvalue weighted by Crippen LogP contribution is 2.26. The standard InChI is InChI=1S/C12H14Br2N2O4/c1-20-5-4-9(11(17)18)15-12(19)16-10-6-7(13)2-3-8(10)14/h2-3,6,9H,4-5H2,1H3,(H,17,18)(H2,15,16,19). The zero-order valence-electron chi connectivity index (χ0n) is 10.7. The van der Waals surface area contributed by atoms with E-state index in [0.29, 0.717) is 10.2 Å². The molecule has 6 nitrogen and oxygen atoms in total. The van der Waals surface area contributed by atoms with E-state index in [4.69, 9.17) is 9.84 Å². The Bertz CT molecular complexity index is 496. The second-order valence-corrected chi connectivity index (χ2v) is 5.66. The molecule has 0 saturated carbocycles. The number of carbonyl (C=O) groups excluding carboxylic acids is 1. The van der Waals surface area contributed by atoms with E-state index in [1.807, 2.05) is 6.07 Å². The number of hydrogen-bond acceptors (Lipinski definition) is 3. The zero-order valence-corrected chi connectivity index (χ0v) is 13.8. The van der Waals surface area contributed by atoms with Crippen molar-refractivity contribution in [3.63, 3.8) is 0 Å². The van der Waals surface area contributed by atoms with Crippen LogP contribution in [0.3, 0.4) is 0 Å². The normalized spacial score (nSPS) is 11.8. The van der Waals surface area contributed by atoms with Gasteiger partial charge in [-0.15, -0.1) is 0 Å². The maximum atomic E-state index is 11.8. The van der Waals surface area contributed by atoms with Crippen LogP contribution in [0.15, 0.2) is 27.1 Å². The Labute approximate surface area is 133 Å². The molecule has 1 rings (SSSR count). The number of amides is 2. The predicted molar refractivity (Wildman–Crippen MR) is 81.9 cm³/mol. The van der Waals surface area contributed by atoms with Gasteiger partial charge in [0.25, 0.3) is 0 Å². The third-order valence-electron chi connectivity index (χ3n) is 2.39. The van der Waals surface area contributed by atoms with E-state index in [1.54, 1.807) is 12.1 Å². The van der Waals surface area contributed by atoms with Gasteiger partial charge < -0.3 is 20.5 Å². The lowest BCUT2D eigenvalue weighted by atomic mass is 10.2. The van der Waals surface area contributed by atoms with Gasteiger partial charge in [0.2, 0.25) is 0 Å². The molecule has 0 fully saturated rings. The molecule has 0 spiro atoms. The van der Waals surface area contributed by atoms with E-state index < -0.39 is 18.0 Å². The molecule has 0 radical (unpaired) electrons. The van der Waals surface area contributed by atoms with E-state index in [0.717, 1.165) is 4.47 Å². The Kier molecular flexibility index (Phi) is 6.97. The molecule has 0 aliphatic heterocycles. The Balaban J connectivity index is 2.65. The summed E-state index contributed by atoms with van der Waals surface area (Å²) in [6, 6.07) is 3.69. The van der Waals surface area contributed by atoms with Crippen molar-refractivity contribution in [2.24, 2.45) is 0 Å². The van der Waals surface area contributed by atoms with Crippen LogP contribution in [0.5, 0.6) is 0 Å². The average Bonchev–Trinajstić information content (AvgIpc) is 2.38. The topological polar surface area (TPSA) is 87.7 Å². The van der Waals surface area contributed by atoms with Crippen molar-refractivity contribution in [1.82, 2.24) is 5.32 Å². The number of hydrogen-bond donors (Lipinski definition) is 3. The van der Waals surface area contributed by atoms with Crippen LogP contribution in [0, 0.1) is 0 Å². The first-order valence-corrected chi connectivity index (χ1v) is 7.27. The van der Waals surface area contributed by atoms with Crippen molar-refractivity contribution in [3.05, 3.63) is 27.1 Å². The maximum Gasteiger partial charge on any atom is 0.326 e. The van der Waals surface area contributed by atoms with E-state index in [1.165, 1.54) is 7.11 Å².